The Morgan fingerprint density at radius 2 is 2.14 bits per heavy atom. The fourth-order valence-electron chi connectivity index (χ4n) is 1.95. The summed E-state index contributed by atoms with van der Waals surface area (Å²) in [5.74, 6) is -0.830. The van der Waals surface area contributed by atoms with Crippen LogP contribution in [0, 0.1) is 0 Å². The van der Waals surface area contributed by atoms with Crippen LogP contribution in [0.15, 0.2) is 22.8 Å². The number of nitrogens with zero attached hydrogens (tertiary/aromatic N) is 3. The Morgan fingerprint density at radius 1 is 1.33 bits per heavy atom. The van der Waals surface area contributed by atoms with E-state index in [9.17, 15) is 14.4 Å². The molecular formula is C12H11N5O4. The molecule has 0 spiro atoms. The van der Waals surface area contributed by atoms with Gasteiger partial charge in [0.2, 0.25) is 5.91 Å². The van der Waals surface area contributed by atoms with Gasteiger partial charge in [0.25, 0.3) is 5.91 Å². The van der Waals surface area contributed by atoms with Gasteiger partial charge < -0.3 is 10.6 Å². The summed E-state index contributed by atoms with van der Waals surface area (Å²) in [5.41, 5.74) is 2.03. The summed E-state index contributed by atoms with van der Waals surface area (Å²) in [6.45, 7) is -0.106. The average molecular weight is 289 g/mol. The maximum Gasteiger partial charge on any atom is 0.325 e. The highest BCUT2D eigenvalue weighted by Crippen LogP contribution is 2.11. The third-order valence-electron chi connectivity index (χ3n) is 3.05. The highest BCUT2D eigenvalue weighted by molar-refractivity contribution is 6.04. The molecule has 2 aromatic rings. The number of imide groups is 1. The van der Waals surface area contributed by atoms with E-state index in [1.165, 1.54) is 0 Å². The minimum absolute atomic E-state index is 0.0675. The second-order valence-electron chi connectivity index (χ2n) is 4.50. The predicted molar refractivity (Wildman–Crippen MR) is 68.8 cm³/mol. The molecule has 9 nitrogen and oxygen atoms in total. The lowest BCUT2D eigenvalue weighted by molar-refractivity contribution is -0.130. The molecule has 9 heteroatoms. The average Bonchev–Trinajstić information content (AvgIpc) is 3.06. The van der Waals surface area contributed by atoms with E-state index in [4.69, 9.17) is 0 Å². The molecule has 0 aliphatic carbocycles. The highest BCUT2D eigenvalue weighted by Gasteiger charge is 2.29. The zero-order valence-electron chi connectivity index (χ0n) is 10.8. The summed E-state index contributed by atoms with van der Waals surface area (Å²) < 4.78 is 4.58. The van der Waals surface area contributed by atoms with Gasteiger partial charge in [-0.15, -0.1) is 0 Å². The molecule has 0 atom stereocenters. The number of aromatic nitrogens is 2. The van der Waals surface area contributed by atoms with Crippen molar-refractivity contribution in [3.8, 4) is 0 Å². The van der Waals surface area contributed by atoms with Crippen molar-refractivity contribution in [2.75, 3.05) is 13.1 Å². The zero-order chi connectivity index (χ0) is 14.8. The summed E-state index contributed by atoms with van der Waals surface area (Å²) in [4.78, 5) is 35.3. The summed E-state index contributed by atoms with van der Waals surface area (Å²) in [7, 11) is 0. The van der Waals surface area contributed by atoms with Crippen LogP contribution in [-0.2, 0) is 16.1 Å². The standard InChI is InChI=1S/C12H11N5O4/c18-10(6-17-11(19)5-14-12(17)20)13-4-7-1-2-8-9(3-7)16-21-15-8/h1-3H,4-6H2,(H,13,18)(H,14,20). The first-order valence-corrected chi connectivity index (χ1v) is 6.19. The maximum absolute atomic E-state index is 11.7. The number of hydrogen-bond acceptors (Lipinski definition) is 6. The molecular weight excluding hydrogens is 278 g/mol. The molecule has 3 rings (SSSR count). The van der Waals surface area contributed by atoms with Gasteiger partial charge in [-0.25, -0.2) is 9.42 Å². The molecule has 1 aromatic carbocycles. The van der Waals surface area contributed by atoms with Gasteiger partial charge in [-0.05, 0) is 28.0 Å². The van der Waals surface area contributed by atoms with Crippen molar-refractivity contribution in [2.45, 2.75) is 6.54 Å². The zero-order valence-corrected chi connectivity index (χ0v) is 10.8. The lowest BCUT2D eigenvalue weighted by atomic mass is 10.2. The van der Waals surface area contributed by atoms with Crippen LogP contribution in [0.1, 0.15) is 5.56 Å². The summed E-state index contributed by atoms with van der Waals surface area (Å²) in [6, 6.07) is 4.69. The molecule has 0 bridgehead atoms. The lowest BCUT2D eigenvalue weighted by Crippen LogP contribution is -2.40. The molecule has 1 fully saturated rings. The van der Waals surface area contributed by atoms with Crippen molar-refractivity contribution in [2.24, 2.45) is 0 Å². The van der Waals surface area contributed by atoms with E-state index in [1.807, 2.05) is 0 Å². The van der Waals surface area contributed by atoms with Crippen molar-refractivity contribution >= 4 is 28.9 Å². The second kappa shape index (κ2) is 5.19. The fourth-order valence-corrected chi connectivity index (χ4v) is 1.95. The Labute approximate surface area is 118 Å². The van der Waals surface area contributed by atoms with E-state index in [1.54, 1.807) is 18.2 Å². The predicted octanol–water partition coefficient (Wildman–Crippen LogP) is -0.609. The van der Waals surface area contributed by atoms with Gasteiger partial charge in [0.15, 0.2) is 0 Å². The quantitative estimate of drug-likeness (QED) is 0.725. The third kappa shape index (κ3) is 2.66. The number of carbonyl (C=O) groups is 3. The third-order valence-corrected chi connectivity index (χ3v) is 3.05. The van der Waals surface area contributed by atoms with E-state index in [-0.39, 0.29) is 19.6 Å². The number of nitrogens with one attached hydrogen (secondary N) is 2. The van der Waals surface area contributed by atoms with Crippen molar-refractivity contribution in [3.05, 3.63) is 23.8 Å². The van der Waals surface area contributed by atoms with Gasteiger partial charge in [-0.2, -0.15) is 0 Å². The monoisotopic (exact) mass is 289 g/mol. The molecule has 108 valence electrons. The molecule has 0 saturated carbocycles. The molecule has 1 aliphatic heterocycles. The first-order valence-electron chi connectivity index (χ1n) is 6.19. The first kappa shape index (κ1) is 13.0. The molecule has 4 amide bonds. The van der Waals surface area contributed by atoms with E-state index in [2.05, 4.69) is 25.6 Å². The molecule has 1 aromatic heterocycles. The van der Waals surface area contributed by atoms with Gasteiger partial charge in [0.1, 0.15) is 17.6 Å². The smallest absolute Gasteiger partial charge is 0.325 e. The number of rotatable bonds is 4. The van der Waals surface area contributed by atoms with Crippen LogP contribution in [0.4, 0.5) is 4.79 Å². The maximum atomic E-state index is 11.7. The fraction of sp³-hybridized carbons (Fsp3) is 0.250. The van der Waals surface area contributed by atoms with Gasteiger partial charge in [-0.1, -0.05) is 6.07 Å². The number of amides is 4. The van der Waals surface area contributed by atoms with Crippen LogP contribution in [0.2, 0.25) is 0 Å². The largest absolute Gasteiger partial charge is 0.350 e. The summed E-state index contributed by atoms with van der Waals surface area (Å²) in [6.07, 6.45) is 0. The van der Waals surface area contributed by atoms with Crippen molar-refractivity contribution in [1.82, 2.24) is 25.8 Å². The number of fused-ring (bicyclic) bond motifs is 1. The van der Waals surface area contributed by atoms with Crippen molar-refractivity contribution in [3.63, 3.8) is 0 Å². The molecule has 0 radical (unpaired) electrons. The Bertz CT molecular complexity index is 709. The number of carbonyl (C=O) groups excluding carboxylic acids is 3. The van der Waals surface area contributed by atoms with Crippen molar-refractivity contribution < 1.29 is 19.0 Å². The normalized spacial score (nSPS) is 14.6. The van der Waals surface area contributed by atoms with E-state index >= 15 is 0 Å². The van der Waals surface area contributed by atoms with Crippen LogP contribution in [0.5, 0.6) is 0 Å². The number of benzene rings is 1. The lowest BCUT2D eigenvalue weighted by Gasteiger charge is -2.12. The van der Waals surface area contributed by atoms with Crippen LogP contribution >= 0.6 is 0 Å². The Kier molecular flexibility index (Phi) is 3.22. The Balaban J connectivity index is 1.58. The summed E-state index contributed by atoms with van der Waals surface area (Å²) >= 11 is 0. The Morgan fingerprint density at radius 3 is 2.90 bits per heavy atom. The highest BCUT2D eigenvalue weighted by atomic mass is 16.6. The van der Waals surface area contributed by atoms with Crippen LogP contribution < -0.4 is 10.6 Å². The molecule has 1 saturated heterocycles. The minimum Gasteiger partial charge on any atom is -0.350 e. The molecule has 2 heterocycles. The molecule has 1 aliphatic rings. The van der Waals surface area contributed by atoms with E-state index in [0.29, 0.717) is 11.0 Å². The SMILES string of the molecule is O=C(CN1C(=O)CNC1=O)NCc1ccc2nonc2c1. The Hall–Kier alpha value is -2.97. The molecule has 21 heavy (non-hydrogen) atoms. The van der Waals surface area contributed by atoms with Crippen molar-refractivity contribution in [1.29, 1.82) is 0 Å². The van der Waals surface area contributed by atoms with Gasteiger partial charge in [0, 0.05) is 6.54 Å². The van der Waals surface area contributed by atoms with Crippen LogP contribution in [0.3, 0.4) is 0 Å². The van der Waals surface area contributed by atoms with Crippen LogP contribution in [0.25, 0.3) is 11.0 Å². The summed E-state index contributed by atoms with van der Waals surface area (Å²) in [5, 5.41) is 12.4. The second-order valence-corrected chi connectivity index (χ2v) is 4.50. The van der Waals surface area contributed by atoms with E-state index in [0.717, 1.165) is 10.5 Å². The van der Waals surface area contributed by atoms with Gasteiger partial charge in [-0.3, -0.25) is 14.5 Å². The minimum atomic E-state index is -0.551. The van der Waals surface area contributed by atoms with E-state index < -0.39 is 17.8 Å². The number of urea groups is 1. The van der Waals surface area contributed by atoms with Gasteiger partial charge in [0.05, 0.1) is 6.54 Å². The topological polar surface area (TPSA) is 117 Å². The van der Waals surface area contributed by atoms with Gasteiger partial charge >= 0.3 is 6.03 Å². The molecule has 2 N–H and O–H groups in total. The first-order chi connectivity index (χ1) is 10.1. The van der Waals surface area contributed by atoms with Crippen LogP contribution in [-0.4, -0.2) is 46.1 Å². The molecule has 0 unspecified atom stereocenters. The number of hydrogen-bond donors (Lipinski definition) is 2.